The van der Waals surface area contributed by atoms with Crippen LogP contribution in [0.1, 0.15) is 27.2 Å². The molecular weight excluding hydrogens is 378 g/mol. The van der Waals surface area contributed by atoms with E-state index in [9.17, 15) is 4.79 Å². The molecule has 146 valence electrons. The number of aryl methyl sites for hydroxylation is 1. The van der Waals surface area contributed by atoms with Crippen molar-refractivity contribution in [2.24, 2.45) is 0 Å². The van der Waals surface area contributed by atoms with Gasteiger partial charge in [0.15, 0.2) is 0 Å². The van der Waals surface area contributed by atoms with Gasteiger partial charge in [-0.1, -0.05) is 41.9 Å². The summed E-state index contributed by atoms with van der Waals surface area (Å²) in [6.07, 6.45) is 1.60. The summed E-state index contributed by atoms with van der Waals surface area (Å²) in [6.45, 7) is 3.26. The normalized spacial score (nSPS) is 10.6. The molecule has 0 fully saturated rings. The lowest BCUT2D eigenvalue weighted by molar-refractivity contribution is 0.0289. The van der Waals surface area contributed by atoms with Gasteiger partial charge in [0.05, 0.1) is 37.3 Å². The SMILES string of the molecule is Cc1cc(C(=O)OCCOCc2ccccc2)c(NCc2ccco2)cc1Cl. The molecule has 1 heterocycles. The van der Waals surface area contributed by atoms with Crippen molar-refractivity contribution in [1.82, 2.24) is 0 Å². The molecule has 1 N–H and O–H groups in total. The molecule has 0 unspecified atom stereocenters. The molecule has 2 aromatic carbocycles. The molecule has 3 aromatic rings. The number of halogens is 1. The molecule has 0 radical (unpaired) electrons. The van der Waals surface area contributed by atoms with Crippen molar-refractivity contribution in [3.05, 3.63) is 88.3 Å². The number of carbonyl (C=O) groups is 1. The van der Waals surface area contributed by atoms with Crippen LogP contribution in [0.15, 0.2) is 65.3 Å². The van der Waals surface area contributed by atoms with Crippen LogP contribution >= 0.6 is 11.6 Å². The van der Waals surface area contributed by atoms with E-state index in [2.05, 4.69) is 5.32 Å². The maximum Gasteiger partial charge on any atom is 0.340 e. The summed E-state index contributed by atoms with van der Waals surface area (Å²) in [7, 11) is 0. The Balaban J connectivity index is 1.54. The molecule has 3 rings (SSSR count). The fourth-order valence-electron chi connectivity index (χ4n) is 2.63. The molecule has 6 heteroatoms. The van der Waals surface area contributed by atoms with E-state index < -0.39 is 5.97 Å². The third-order valence-corrected chi connectivity index (χ3v) is 4.53. The van der Waals surface area contributed by atoms with Crippen LogP contribution in [0.2, 0.25) is 5.02 Å². The van der Waals surface area contributed by atoms with Gasteiger partial charge in [-0.3, -0.25) is 0 Å². The fourth-order valence-corrected chi connectivity index (χ4v) is 2.79. The van der Waals surface area contributed by atoms with E-state index in [1.54, 1.807) is 18.4 Å². The molecule has 0 saturated heterocycles. The molecule has 28 heavy (non-hydrogen) atoms. The van der Waals surface area contributed by atoms with Crippen molar-refractivity contribution in [3.63, 3.8) is 0 Å². The van der Waals surface area contributed by atoms with Gasteiger partial charge in [-0.15, -0.1) is 0 Å². The van der Waals surface area contributed by atoms with E-state index in [0.29, 0.717) is 36.0 Å². The van der Waals surface area contributed by atoms with Crippen LogP contribution in [0.4, 0.5) is 5.69 Å². The predicted molar refractivity (Wildman–Crippen MR) is 109 cm³/mol. The second-order valence-corrected chi connectivity index (χ2v) is 6.66. The number of nitrogens with one attached hydrogen (secondary N) is 1. The zero-order valence-corrected chi connectivity index (χ0v) is 16.4. The number of furan rings is 1. The summed E-state index contributed by atoms with van der Waals surface area (Å²) in [4.78, 5) is 12.5. The average molecular weight is 400 g/mol. The van der Waals surface area contributed by atoms with Gasteiger partial charge in [-0.2, -0.15) is 0 Å². The number of hydrogen-bond donors (Lipinski definition) is 1. The second-order valence-electron chi connectivity index (χ2n) is 6.25. The fraction of sp³-hybridized carbons (Fsp3) is 0.227. The van der Waals surface area contributed by atoms with E-state index in [1.165, 1.54) is 0 Å². The smallest absolute Gasteiger partial charge is 0.340 e. The molecule has 0 aliphatic rings. The van der Waals surface area contributed by atoms with Gasteiger partial charge in [0.25, 0.3) is 0 Å². The molecule has 0 saturated carbocycles. The Morgan fingerprint density at radius 2 is 1.93 bits per heavy atom. The Kier molecular flexibility index (Phi) is 7.12. The first-order chi connectivity index (χ1) is 13.6. The Bertz CT molecular complexity index is 894. The quantitative estimate of drug-likeness (QED) is 0.394. The van der Waals surface area contributed by atoms with Gasteiger partial charge in [-0.25, -0.2) is 4.79 Å². The van der Waals surface area contributed by atoms with Crippen molar-refractivity contribution in [3.8, 4) is 0 Å². The highest BCUT2D eigenvalue weighted by Gasteiger charge is 2.15. The van der Waals surface area contributed by atoms with Crippen molar-refractivity contribution < 1.29 is 18.7 Å². The molecule has 5 nitrogen and oxygen atoms in total. The summed E-state index contributed by atoms with van der Waals surface area (Å²) in [6, 6.07) is 16.9. The van der Waals surface area contributed by atoms with Crippen LogP contribution in [0.5, 0.6) is 0 Å². The van der Waals surface area contributed by atoms with Gasteiger partial charge >= 0.3 is 5.97 Å². The Labute approximate surface area is 169 Å². The first-order valence-electron chi connectivity index (χ1n) is 8.98. The molecule has 0 bridgehead atoms. The second kappa shape index (κ2) is 9.97. The maximum atomic E-state index is 12.5. The lowest BCUT2D eigenvalue weighted by Gasteiger charge is -2.13. The lowest BCUT2D eigenvalue weighted by Crippen LogP contribution is -2.13. The first-order valence-corrected chi connectivity index (χ1v) is 9.36. The summed E-state index contributed by atoms with van der Waals surface area (Å²) in [5.41, 5.74) is 2.91. The largest absolute Gasteiger partial charge is 0.467 e. The van der Waals surface area contributed by atoms with Gasteiger partial charge in [-0.05, 0) is 42.3 Å². The Morgan fingerprint density at radius 1 is 1.11 bits per heavy atom. The number of anilines is 1. The van der Waals surface area contributed by atoms with Crippen LogP contribution in [0, 0.1) is 6.92 Å². The summed E-state index contributed by atoms with van der Waals surface area (Å²) in [5, 5.41) is 3.75. The minimum Gasteiger partial charge on any atom is -0.467 e. The van der Waals surface area contributed by atoms with Gasteiger partial charge in [0.1, 0.15) is 12.4 Å². The summed E-state index contributed by atoms with van der Waals surface area (Å²) in [5.74, 6) is 0.329. The highest BCUT2D eigenvalue weighted by Crippen LogP contribution is 2.26. The minimum atomic E-state index is -0.426. The third kappa shape index (κ3) is 5.62. The van der Waals surface area contributed by atoms with Crippen LogP contribution in [-0.2, 0) is 22.6 Å². The molecule has 0 amide bonds. The zero-order chi connectivity index (χ0) is 19.8. The minimum absolute atomic E-state index is 0.172. The van der Waals surface area contributed by atoms with Crippen LogP contribution in [0.25, 0.3) is 0 Å². The number of carbonyl (C=O) groups excluding carboxylic acids is 1. The van der Waals surface area contributed by atoms with Crippen LogP contribution < -0.4 is 5.32 Å². The van der Waals surface area contributed by atoms with Gasteiger partial charge < -0.3 is 19.2 Å². The lowest BCUT2D eigenvalue weighted by atomic mass is 10.1. The topological polar surface area (TPSA) is 60.7 Å². The Morgan fingerprint density at radius 3 is 2.68 bits per heavy atom. The monoisotopic (exact) mass is 399 g/mol. The highest BCUT2D eigenvalue weighted by molar-refractivity contribution is 6.31. The van der Waals surface area contributed by atoms with E-state index in [0.717, 1.165) is 16.9 Å². The standard InChI is InChI=1S/C22H22ClNO4/c1-16-12-19(21(13-20(16)23)24-14-18-8-5-9-27-18)22(25)28-11-10-26-15-17-6-3-2-4-7-17/h2-9,12-13,24H,10-11,14-15H2,1H3. The summed E-state index contributed by atoms with van der Waals surface area (Å²) < 4.78 is 16.2. The number of hydrogen-bond acceptors (Lipinski definition) is 5. The maximum absolute atomic E-state index is 12.5. The zero-order valence-electron chi connectivity index (χ0n) is 15.6. The van der Waals surface area contributed by atoms with Crippen molar-refractivity contribution in [1.29, 1.82) is 0 Å². The number of ether oxygens (including phenoxy) is 2. The van der Waals surface area contributed by atoms with Gasteiger partial charge in [0, 0.05) is 5.02 Å². The van der Waals surface area contributed by atoms with Gasteiger partial charge in [0.2, 0.25) is 0 Å². The third-order valence-electron chi connectivity index (χ3n) is 4.12. The molecule has 1 aromatic heterocycles. The molecule has 0 aliphatic heterocycles. The van der Waals surface area contributed by atoms with Crippen molar-refractivity contribution in [2.45, 2.75) is 20.1 Å². The van der Waals surface area contributed by atoms with Crippen molar-refractivity contribution >= 4 is 23.3 Å². The molecular formula is C22H22ClNO4. The number of rotatable bonds is 9. The highest BCUT2D eigenvalue weighted by atomic mass is 35.5. The van der Waals surface area contributed by atoms with Crippen LogP contribution in [-0.4, -0.2) is 19.2 Å². The van der Waals surface area contributed by atoms with E-state index in [-0.39, 0.29) is 6.61 Å². The number of benzene rings is 2. The van der Waals surface area contributed by atoms with Crippen LogP contribution in [0.3, 0.4) is 0 Å². The first kappa shape index (κ1) is 20.0. The van der Waals surface area contributed by atoms with E-state index in [4.69, 9.17) is 25.5 Å². The van der Waals surface area contributed by atoms with E-state index in [1.807, 2.05) is 49.4 Å². The molecule has 0 atom stereocenters. The van der Waals surface area contributed by atoms with E-state index >= 15 is 0 Å². The molecule has 0 aliphatic carbocycles. The summed E-state index contributed by atoms with van der Waals surface area (Å²) >= 11 is 6.22. The Hall–Kier alpha value is -2.76. The van der Waals surface area contributed by atoms with Crippen molar-refractivity contribution in [2.75, 3.05) is 18.5 Å². The number of esters is 1. The average Bonchev–Trinajstić information content (AvgIpc) is 3.22. The predicted octanol–water partition coefficient (Wildman–Crippen LogP) is 5.23. The molecule has 0 spiro atoms.